The minimum Gasteiger partial charge on any atom is -0.475 e. The van der Waals surface area contributed by atoms with Gasteiger partial charge in [-0.15, -0.1) is 0 Å². The summed E-state index contributed by atoms with van der Waals surface area (Å²) >= 11 is 0. The van der Waals surface area contributed by atoms with Crippen molar-refractivity contribution in [1.82, 2.24) is 15.2 Å². The summed E-state index contributed by atoms with van der Waals surface area (Å²) in [6, 6.07) is 6.84. The van der Waals surface area contributed by atoms with Gasteiger partial charge in [0.15, 0.2) is 0 Å². The number of carboxylic acids is 1. The Morgan fingerprint density at radius 2 is 1.73 bits per heavy atom. The number of carbonyl (C=O) groups is 2. The summed E-state index contributed by atoms with van der Waals surface area (Å²) in [6.07, 6.45) is -0.511. The number of piperidine rings is 1. The second-order valence-electron chi connectivity index (χ2n) is 9.83. The van der Waals surface area contributed by atoms with Crippen LogP contribution in [0.25, 0.3) is 0 Å². The van der Waals surface area contributed by atoms with Crippen molar-refractivity contribution >= 4 is 33.4 Å². The highest BCUT2D eigenvalue weighted by Gasteiger charge is 2.38. The van der Waals surface area contributed by atoms with E-state index in [-0.39, 0.29) is 16.8 Å². The van der Waals surface area contributed by atoms with Gasteiger partial charge in [-0.1, -0.05) is 6.07 Å². The largest absolute Gasteiger partial charge is 0.490 e. The zero-order chi connectivity index (χ0) is 29.7. The van der Waals surface area contributed by atoms with Crippen LogP contribution in [0.15, 0.2) is 35.4 Å². The maximum atomic E-state index is 13.6. The molecule has 2 aromatic rings. The van der Waals surface area contributed by atoms with Crippen molar-refractivity contribution in [3.05, 3.63) is 47.2 Å². The van der Waals surface area contributed by atoms with Gasteiger partial charge in [-0.2, -0.15) is 13.2 Å². The summed E-state index contributed by atoms with van der Waals surface area (Å²) in [7, 11) is -3.81. The SMILES string of the molecule is Cc1ccc(S(=O)(=O)Nc2cnc(N3CCNCC3)c(C(=O)N3CCCCC3C)c2)cc1C.O=C(O)C(F)(F)F. The summed E-state index contributed by atoms with van der Waals surface area (Å²) < 4.78 is 60.4. The lowest BCUT2D eigenvalue weighted by molar-refractivity contribution is -0.192. The van der Waals surface area contributed by atoms with Gasteiger partial charge in [-0.25, -0.2) is 18.2 Å². The van der Waals surface area contributed by atoms with Crippen molar-refractivity contribution in [3.63, 3.8) is 0 Å². The third-order valence-corrected chi connectivity index (χ3v) is 8.24. The van der Waals surface area contributed by atoms with E-state index in [4.69, 9.17) is 9.90 Å². The lowest BCUT2D eigenvalue weighted by Gasteiger charge is -2.35. The molecule has 2 saturated heterocycles. The highest BCUT2D eigenvalue weighted by atomic mass is 32.2. The fourth-order valence-corrected chi connectivity index (χ4v) is 5.57. The summed E-state index contributed by atoms with van der Waals surface area (Å²) in [5, 5.41) is 10.4. The van der Waals surface area contributed by atoms with Crippen molar-refractivity contribution in [3.8, 4) is 0 Å². The number of likely N-dealkylation sites (tertiary alicyclic amines) is 1. The highest BCUT2D eigenvalue weighted by Crippen LogP contribution is 2.28. The molecule has 0 saturated carbocycles. The number of amides is 1. The smallest absolute Gasteiger partial charge is 0.475 e. The summed E-state index contributed by atoms with van der Waals surface area (Å²) in [5.74, 6) is -2.23. The normalized spacial score (nSPS) is 18.0. The van der Waals surface area contributed by atoms with E-state index in [1.165, 1.54) is 6.20 Å². The van der Waals surface area contributed by atoms with Crippen LogP contribution >= 0.6 is 0 Å². The standard InChI is InChI=1S/C24H33N5O3S.C2HF3O2/c1-17-7-8-21(14-18(17)2)33(31,32)27-20-15-22(24(30)29-11-5-4-6-19(29)3)23(26-16-20)28-12-9-25-10-13-28;3-2(4,5)1(6)7/h7-8,14-16,19,25,27H,4-6,9-13H2,1-3H3;(H,6,7). The molecule has 1 aromatic carbocycles. The molecule has 1 unspecified atom stereocenters. The molecule has 2 aliphatic rings. The van der Waals surface area contributed by atoms with Gasteiger partial charge in [0.2, 0.25) is 0 Å². The van der Waals surface area contributed by atoms with Crippen LogP contribution in [0, 0.1) is 13.8 Å². The van der Waals surface area contributed by atoms with Crippen LogP contribution in [0.5, 0.6) is 0 Å². The van der Waals surface area contributed by atoms with Gasteiger partial charge < -0.3 is 20.2 Å². The third-order valence-electron chi connectivity index (χ3n) is 6.86. The van der Waals surface area contributed by atoms with Crippen LogP contribution in [0.2, 0.25) is 0 Å². The van der Waals surface area contributed by atoms with E-state index in [0.717, 1.165) is 56.6 Å². The number of benzene rings is 1. The molecule has 40 heavy (non-hydrogen) atoms. The van der Waals surface area contributed by atoms with Crippen molar-refractivity contribution in [1.29, 1.82) is 0 Å². The first-order chi connectivity index (χ1) is 18.7. The van der Waals surface area contributed by atoms with Crippen LogP contribution < -0.4 is 14.9 Å². The molecule has 1 atom stereocenters. The molecule has 0 radical (unpaired) electrons. The molecule has 2 aliphatic heterocycles. The zero-order valence-corrected chi connectivity index (χ0v) is 23.4. The first-order valence-electron chi connectivity index (χ1n) is 12.9. The molecule has 0 aliphatic carbocycles. The minimum absolute atomic E-state index is 0.0875. The van der Waals surface area contributed by atoms with Gasteiger partial charge in [-0.05, 0) is 69.4 Å². The number of hydrogen-bond donors (Lipinski definition) is 3. The molecule has 3 N–H and O–H groups in total. The maximum Gasteiger partial charge on any atom is 0.490 e. The molecule has 1 amide bonds. The third kappa shape index (κ3) is 7.84. The summed E-state index contributed by atoms with van der Waals surface area (Å²) in [4.78, 5) is 31.3. The molecule has 0 bridgehead atoms. The number of alkyl halides is 3. The van der Waals surface area contributed by atoms with E-state index in [1.807, 2.05) is 18.7 Å². The topological polar surface area (TPSA) is 132 Å². The monoisotopic (exact) mass is 585 g/mol. The molecule has 220 valence electrons. The number of piperazine rings is 1. The fraction of sp³-hybridized carbons (Fsp3) is 0.500. The molecule has 10 nitrogen and oxygen atoms in total. The number of aromatic nitrogens is 1. The van der Waals surface area contributed by atoms with E-state index < -0.39 is 22.2 Å². The van der Waals surface area contributed by atoms with Crippen LogP contribution in [-0.2, 0) is 14.8 Å². The average Bonchev–Trinajstić information content (AvgIpc) is 2.90. The van der Waals surface area contributed by atoms with E-state index >= 15 is 0 Å². The predicted molar refractivity (Wildman–Crippen MR) is 144 cm³/mol. The lowest BCUT2D eigenvalue weighted by Crippen LogP contribution is -2.46. The number of hydrogen-bond acceptors (Lipinski definition) is 7. The Hall–Kier alpha value is -3.39. The Morgan fingerprint density at radius 1 is 1.07 bits per heavy atom. The number of carboxylic acid groups (broad SMARTS) is 1. The van der Waals surface area contributed by atoms with Crippen molar-refractivity contribution in [2.24, 2.45) is 0 Å². The van der Waals surface area contributed by atoms with Gasteiger partial charge in [-0.3, -0.25) is 9.52 Å². The molecule has 1 aromatic heterocycles. The number of sulfonamides is 1. The van der Waals surface area contributed by atoms with E-state index in [1.54, 1.807) is 24.3 Å². The van der Waals surface area contributed by atoms with E-state index in [0.29, 0.717) is 23.6 Å². The molecular formula is C26H34F3N5O5S. The van der Waals surface area contributed by atoms with Crippen molar-refractivity contribution in [2.45, 2.75) is 57.1 Å². The Kier molecular flexibility index (Phi) is 10.0. The van der Waals surface area contributed by atoms with Gasteiger partial charge >= 0.3 is 12.1 Å². The van der Waals surface area contributed by atoms with Crippen LogP contribution in [-0.4, -0.2) is 80.2 Å². The number of carbonyl (C=O) groups excluding carboxylic acids is 1. The first-order valence-corrected chi connectivity index (χ1v) is 14.4. The Balaban J connectivity index is 0.000000559. The van der Waals surface area contributed by atoms with Gasteiger partial charge in [0.05, 0.1) is 22.3 Å². The Morgan fingerprint density at radius 3 is 2.30 bits per heavy atom. The van der Waals surface area contributed by atoms with E-state index in [2.05, 4.69) is 26.8 Å². The second kappa shape index (κ2) is 12.9. The van der Waals surface area contributed by atoms with E-state index in [9.17, 15) is 26.4 Å². The minimum atomic E-state index is -5.08. The molecule has 2 fully saturated rings. The second-order valence-corrected chi connectivity index (χ2v) is 11.5. The molecule has 4 rings (SSSR count). The highest BCUT2D eigenvalue weighted by molar-refractivity contribution is 7.92. The number of nitrogens with one attached hydrogen (secondary N) is 2. The number of anilines is 2. The maximum absolute atomic E-state index is 13.6. The number of aryl methyl sites for hydroxylation is 2. The number of pyridine rings is 1. The lowest BCUT2D eigenvalue weighted by atomic mass is 10.0. The fourth-order valence-electron chi connectivity index (χ4n) is 4.45. The Labute approximate surface area is 231 Å². The number of halogens is 3. The van der Waals surface area contributed by atoms with Crippen molar-refractivity contribution in [2.75, 3.05) is 42.3 Å². The number of aliphatic carboxylic acids is 1. The molecule has 14 heteroatoms. The molecular weight excluding hydrogens is 551 g/mol. The van der Waals surface area contributed by atoms with Crippen LogP contribution in [0.3, 0.4) is 0 Å². The summed E-state index contributed by atoms with van der Waals surface area (Å²) in [6.45, 7) is 9.73. The van der Waals surface area contributed by atoms with Gasteiger partial charge in [0, 0.05) is 38.8 Å². The van der Waals surface area contributed by atoms with Gasteiger partial charge in [0.1, 0.15) is 5.82 Å². The molecule has 3 heterocycles. The number of rotatable bonds is 5. The predicted octanol–water partition coefficient (Wildman–Crippen LogP) is 3.56. The first kappa shape index (κ1) is 31.1. The number of nitrogens with zero attached hydrogens (tertiary/aromatic N) is 3. The average molecular weight is 586 g/mol. The van der Waals surface area contributed by atoms with Crippen LogP contribution in [0.1, 0.15) is 47.7 Å². The van der Waals surface area contributed by atoms with Gasteiger partial charge in [0.25, 0.3) is 15.9 Å². The molecule has 0 spiro atoms. The quantitative estimate of drug-likeness (QED) is 0.486. The summed E-state index contributed by atoms with van der Waals surface area (Å²) in [5.41, 5.74) is 2.67. The van der Waals surface area contributed by atoms with Crippen molar-refractivity contribution < 1.29 is 36.3 Å². The Bertz CT molecular complexity index is 1330. The zero-order valence-electron chi connectivity index (χ0n) is 22.6. The van der Waals surface area contributed by atoms with Crippen LogP contribution in [0.4, 0.5) is 24.7 Å².